The SMILES string of the molecule is CCc1nccn1CC(=O)N(C)[C@@H]1CCCC[C@@H](OC)[C@@H]1O. The van der Waals surface area contributed by atoms with Gasteiger partial charge in [0.25, 0.3) is 0 Å². The summed E-state index contributed by atoms with van der Waals surface area (Å²) >= 11 is 0. The van der Waals surface area contributed by atoms with E-state index >= 15 is 0 Å². The number of nitrogens with zero attached hydrogens (tertiary/aromatic N) is 3. The highest BCUT2D eigenvalue weighted by Gasteiger charge is 2.34. The van der Waals surface area contributed by atoms with E-state index in [-0.39, 0.29) is 24.6 Å². The number of aliphatic hydroxyl groups excluding tert-OH is 1. The van der Waals surface area contributed by atoms with Gasteiger partial charge >= 0.3 is 0 Å². The van der Waals surface area contributed by atoms with Crippen LogP contribution in [0.1, 0.15) is 38.4 Å². The Morgan fingerprint density at radius 3 is 2.91 bits per heavy atom. The number of methoxy groups -OCH3 is 1. The number of likely N-dealkylation sites (N-methyl/N-ethyl adjacent to an activating group) is 1. The predicted octanol–water partition coefficient (Wildman–Crippen LogP) is 1.22. The summed E-state index contributed by atoms with van der Waals surface area (Å²) in [5.74, 6) is 0.895. The second-order valence-corrected chi connectivity index (χ2v) is 5.95. The van der Waals surface area contributed by atoms with E-state index < -0.39 is 6.10 Å². The second kappa shape index (κ2) is 7.74. The molecule has 1 aliphatic carbocycles. The summed E-state index contributed by atoms with van der Waals surface area (Å²) in [6.45, 7) is 2.28. The summed E-state index contributed by atoms with van der Waals surface area (Å²) in [6.07, 6.45) is 7.20. The molecule has 6 heteroatoms. The lowest BCUT2D eigenvalue weighted by molar-refractivity contribution is -0.137. The van der Waals surface area contributed by atoms with Crippen molar-refractivity contribution in [2.24, 2.45) is 0 Å². The molecule has 0 bridgehead atoms. The minimum atomic E-state index is -0.630. The van der Waals surface area contributed by atoms with E-state index in [1.165, 1.54) is 0 Å². The molecule has 1 aromatic rings. The molecule has 2 rings (SSSR count). The smallest absolute Gasteiger partial charge is 0.242 e. The minimum absolute atomic E-state index is 0.00602. The number of imidazole rings is 1. The van der Waals surface area contributed by atoms with Crippen LogP contribution in [0, 0.1) is 0 Å². The Kier molecular flexibility index (Phi) is 5.97. The lowest BCUT2D eigenvalue weighted by atomic mass is 10.0. The molecule has 0 spiro atoms. The van der Waals surface area contributed by atoms with Crippen LogP contribution in [0.15, 0.2) is 12.4 Å². The van der Waals surface area contributed by atoms with Gasteiger partial charge in [0, 0.05) is 33.0 Å². The Labute approximate surface area is 132 Å². The zero-order chi connectivity index (χ0) is 16.1. The molecule has 0 saturated heterocycles. The highest BCUT2D eigenvalue weighted by atomic mass is 16.5. The molecule has 124 valence electrons. The number of aliphatic hydroxyl groups is 1. The number of amides is 1. The lowest BCUT2D eigenvalue weighted by Gasteiger charge is -2.33. The number of aromatic nitrogens is 2. The molecule has 1 saturated carbocycles. The maximum Gasteiger partial charge on any atom is 0.242 e. The number of carbonyl (C=O) groups is 1. The number of rotatable bonds is 5. The molecule has 6 nitrogen and oxygen atoms in total. The van der Waals surface area contributed by atoms with Crippen molar-refractivity contribution in [2.45, 2.75) is 63.8 Å². The van der Waals surface area contributed by atoms with E-state index in [2.05, 4.69) is 4.98 Å². The van der Waals surface area contributed by atoms with Crippen LogP contribution in [0.5, 0.6) is 0 Å². The number of hydrogen-bond acceptors (Lipinski definition) is 4. The van der Waals surface area contributed by atoms with E-state index in [9.17, 15) is 9.90 Å². The van der Waals surface area contributed by atoms with Crippen molar-refractivity contribution < 1.29 is 14.6 Å². The standard InChI is InChI=1S/C16H27N3O3/c1-4-14-17-9-10-19(14)11-15(20)18(2)12-7-5-6-8-13(22-3)16(12)21/h9-10,12-13,16,21H,4-8,11H2,1-3H3/t12-,13-,16-/m1/s1. The summed E-state index contributed by atoms with van der Waals surface area (Å²) in [6, 6.07) is -0.187. The third-order valence-corrected chi connectivity index (χ3v) is 4.63. The Morgan fingerprint density at radius 1 is 1.50 bits per heavy atom. The zero-order valence-electron chi connectivity index (χ0n) is 13.7. The van der Waals surface area contributed by atoms with E-state index in [1.54, 1.807) is 25.3 Å². The number of ether oxygens (including phenoxy) is 1. The molecule has 3 atom stereocenters. The Morgan fingerprint density at radius 2 is 2.23 bits per heavy atom. The Hall–Kier alpha value is -1.40. The molecule has 0 aromatic carbocycles. The van der Waals surface area contributed by atoms with Gasteiger partial charge in [-0.1, -0.05) is 19.8 Å². The van der Waals surface area contributed by atoms with Gasteiger partial charge in [-0.15, -0.1) is 0 Å². The van der Waals surface area contributed by atoms with Crippen LogP contribution in [0.3, 0.4) is 0 Å². The van der Waals surface area contributed by atoms with E-state index in [0.717, 1.165) is 37.9 Å². The largest absolute Gasteiger partial charge is 0.388 e. The molecule has 0 aliphatic heterocycles. The molecular formula is C16H27N3O3. The summed E-state index contributed by atoms with van der Waals surface area (Å²) < 4.78 is 7.25. The second-order valence-electron chi connectivity index (χ2n) is 5.95. The Bertz CT molecular complexity index is 489. The molecule has 1 fully saturated rings. The van der Waals surface area contributed by atoms with Gasteiger partial charge in [-0.3, -0.25) is 4.79 Å². The van der Waals surface area contributed by atoms with Crippen LogP contribution in [0.4, 0.5) is 0 Å². The molecule has 1 amide bonds. The summed E-state index contributed by atoms with van der Waals surface area (Å²) in [7, 11) is 3.40. The molecular weight excluding hydrogens is 282 g/mol. The normalized spacial score (nSPS) is 25.7. The van der Waals surface area contributed by atoms with Gasteiger partial charge in [-0.2, -0.15) is 0 Å². The molecule has 1 aliphatic rings. The first-order valence-corrected chi connectivity index (χ1v) is 8.05. The summed E-state index contributed by atoms with van der Waals surface area (Å²) in [5.41, 5.74) is 0. The van der Waals surface area contributed by atoms with Gasteiger partial charge < -0.3 is 19.3 Å². The first-order valence-electron chi connectivity index (χ1n) is 8.05. The fourth-order valence-corrected chi connectivity index (χ4v) is 3.21. The molecule has 1 aromatic heterocycles. The monoisotopic (exact) mass is 309 g/mol. The third kappa shape index (κ3) is 3.67. The topological polar surface area (TPSA) is 67.6 Å². The minimum Gasteiger partial charge on any atom is -0.388 e. The first-order chi connectivity index (χ1) is 10.6. The highest BCUT2D eigenvalue weighted by Crippen LogP contribution is 2.24. The van der Waals surface area contributed by atoms with Crippen LogP contribution >= 0.6 is 0 Å². The van der Waals surface area contributed by atoms with Gasteiger partial charge in [-0.05, 0) is 12.8 Å². The van der Waals surface area contributed by atoms with Crippen LogP contribution in [-0.2, 0) is 22.5 Å². The first kappa shape index (κ1) is 17.0. The fourth-order valence-electron chi connectivity index (χ4n) is 3.21. The molecule has 1 heterocycles. The maximum absolute atomic E-state index is 12.6. The van der Waals surface area contributed by atoms with Crippen molar-refractivity contribution in [3.05, 3.63) is 18.2 Å². The van der Waals surface area contributed by atoms with Crippen molar-refractivity contribution in [3.63, 3.8) is 0 Å². The fraction of sp³-hybridized carbons (Fsp3) is 0.750. The van der Waals surface area contributed by atoms with Crippen LogP contribution in [-0.4, -0.2) is 57.9 Å². The van der Waals surface area contributed by atoms with Crippen molar-refractivity contribution in [1.29, 1.82) is 0 Å². The van der Waals surface area contributed by atoms with Gasteiger partial charge in [0.05, 0.1) is 12.1 Å². The van der Waals surface area contributed by atoms with Gasteiger partial charge in [-0.25, -0.2) is 4.98 Å². The van der Waals surface area contributed by atoms with Crippen molar-refractivity contribution in [1.82, 2.24) is 14.5 Å². The molecule has 0 unspecified atom stereocenters. The average molecular weight is 309 g/mol. The van der Waals surface area contributed by atoms with E-state index in [0.29, 0.717) is 0 Å². The zero-order valence-corrected chi connectivity index (χ0v) is 13.7. The molecule has 1 N–H and O–H groups in total. The van der Waals surface area contributed by atoms with Crippen molar-refractivity contribution in [2.75, 3.05) is 14.2 Å². The highest BCUT2D eigenvalue weighted by molar-refractivity contribution is 5.76. The number of hydrogen-bond donors (Lipinski definition) is 1. The predicted molar refractivity (Wildman–Crippen MR) is 83.4 cm³/mol. The van der Waals surface area contributed by atoms with Crippen molar-refractivity contribution >= 4 is 5.91 Å². The lowest BCUT2D eigenvalue weighted by Crippen LogP contribution is -2.49. The van der Waals surface area contributed by atoms with Crippen molar-refractivity contribution in [3.8, 4) is 0 Å². The molecule has 22 heavy (non-hydrogen) atoms. The van der Waals surface area contributed by atoms with E-state index in [1.807, 2.05) is 17.7 Å². The summed E-state index contributed by atoms with van der Waals surface area (Å²) in [5, 5.41) is 10.5. The summed E-state index contributed by atoms with van der Waals surface area (Å²) in [4.78, 5) is 18.5. The Balaban J connectivity index is 2.05. The van der Waals surface area contributed by atoms with Crippen LogP contribution in [0.2, 0.25) is 0 Å². The quantitative estimate of drug-likeness (QED) is 0.831. The number of aryl methyl sites for hydroxylation is 1. The number of carbonyl (C=O) groups excluding carboxylic acids is 1. The van der Waals surface area contributed by atoms with Crippen LogP contribution < -0.4 is 0 Å². The van der Waals surface area contributed by atoms with Gasteiger partial charge in [0.1, 0.15) is 18.5 Å². The van der Waals surface area contributed by atoms with Gasteiger partial charge in [0.15, 0.2) is 0 Å². The average Bonchev–Trinajstić information content (AvgIpc) is 2.88. The third-order valence-electron chi connectivity index (χ3n) is 4.63. The van der Waals surface area contributed by atoms with Gasteiger partial charge in [0.2, 0.25) is 5.91 Å². The van der Waals surface area contributed by atoms with E-state index in [4.69, 9.17) is 4.74 Å². The molecule has 0 radical (unpaired) electrons. The van der Waals surface area contributed by atoms with Crippen LogP contribution in [0.25, 0.3) is 0 Å². The maximum atomic E-state index is 12.6.